The number of aryl methyl sites for hydroxylation is 1. The number of likely N-dealkylation sites (tertiary alicyclic amines) is 1. The Labute approximate surface area is 172 Å². The zero-order valence-corrected chi connectivity index (χ0v) is 17.0. The Hall–Kier alpha value is -2.51. The molecule has 0 spiro atoms. The van der Waals surface area contributed by atoms with E-state index in [4.69, 9.17) is 17.3 Å². The molecule has 1 aliphatic rings. The lowest BCUT2D eigenvalue weighted by molar-refractivity contribution is 0.0611. The van der Waals surface area contributed by atoms with Gasteiger partial charge >= 0.3 is 0 Å². The zero-order chi connectivity index (χ0) is 19.7. The van der Waals surface area contributed by atoms with Gasteiger partial charge in [-0.05, 0) is 43.9 Å². The highest BCUT2D eigenvalue weighted by Gasteiger charge is 2.33. The van der Waals surface area contributed by atoms with Gasteiger partial charge in [-0.15, -0.1) is 11.3 Å². The number of amides is 1. The second kappa shape index (κ2) is 7.85. The van der Waals surface area contributed by atoms with Gasteiger partial charge in [0.2, 0.25) is 5.95 Å². The Morgan fingerprint density at radius 3 is 2.93 bits per heavy atom. The average Bonchev–Trinajstić information content (AvgIpc) is 3.13. The Morgan fingerprint density at radius 1 is 1.32 bits per heavy atom. The van der Waals surface area contributed by atoms with Gasteiger partial charge in [0, 0.05) is 23.3 Å². The molecule has 3 heterocycles. The number of hydrogen-bond donors (Lipinski definition) is 1. The van der Waals surface area contributed by atoms with Crippen molar-refractivity contribution in [2.75, 3.05) is 12.3 Å². The van der Waals surface area contributed by atoms with Crippen LogP contribution in [0.1, 0.15) is 46.4 Å². The highest BCUT2D eigenvalue weighted by atomic mass is 35.5. The van der Waals surface area contributed by atoms with Gasteiger partial charge in [0.05, 0.1) is 22.9 Å². The number of hydrogen-bond acceptors (Lipinski definition) is 6. The maximum Gasteiger partial charge on any atom is 0.266 e. The number of thiazole rings is 1. The maximum absolute atomic E-state index is 13.3. The number of piperidine rings is 1. The van der Waals surface area contributed by atoms with Crippen LogP contribution in [0, 0.1) is 6.92 Å². The number of carbonyl (C=O) groups is 1. The van der Waals surface area contributed by atoms with Gasteiger partial charge in [0.1, 0.15) is 4.88 Å². The summed E-state index contributed by atoms with van der Waals surface area (Å²) in [6, 6.07) is 7.39. The molecule has 2 N–H and O–H groups in total. The number of nitrogens with zero attached hydrogens (tertiary/aromatic N) is 4. The highest BCUT2D eigenvalue weighted by Crippen LogP contribution is 2.37. The summed E-state index contributed by atoms with van der Waals surface area (Å²) in [6.07, 6.45) is 4.54. The summed E-state index contributed by atoms with van der Waals surface area (Å²) in [6.45, 7) is 2.54. The lowest BCUT2D eigenvalue weighted by Crippen LogP contribution is -2.39. The van der Waals surface area contributed by atoms with Crippen LogP contribution in [0.25, 0.3) is 11.1 Å². The van der Waals surface area contributed by atoms with Gasteiger partial charge in [-0.3, -0.25) is 4.79 Å². The molecule has 0 aliphatic carbocycles. The predicted molar refractivity (Wildman–Crippen MR) is 111 cm³/mol. The third-order valence-electron chi connectivity index (χ3n) is 4.99. The van der Waals surface area contributed by atoms with Crippen molar-refractivity contribution in [2.24, 2.45) is 0 Å². The largest absolute Gasteiger partial charge is 0.368 e. The van der Waals surface area contributed by atoms with E-state index in [0.717, 1.165) is 41.8 Å². The minimum absolute atomic E-state index is 0.000993. The van der Waals surface area contributed by atoms with Crippen molar-refractivity contribution in [1.82, 2.24) is 19.9 Å². The summed E-state index contributed by atoms with van der Waals surface area (Å²) in [5.41, 5.74) is 10.9. The molecule has 1 saturated heterocycles. The van der Waals surface area contributed by atoms with Crippen LogP contribution in [-0.4, -0.2) is 32.3 Å². The molecule has 0 bridgehead atoms. The molecule has 0 saturated carbocycles. The molecule has 0 unspecified atom stereocenters. The van der Waals surface area contributed by atoms with Crippen LogP contribution in [0.5, 0.6) is 0 Å². The van der Waals surface area contributed by atoms with E-state index >= 15 is 0 Å². The molecule has 0 radical (unpaired) electrons. The third-order valence-corrected chi connectivity index (χ3v) is 6.14. The van der Waals surface area contributed by atoms with E-state index in [1.165, 1.54) is 11.3 Å². The van der Waals surface area contributed by atoms with Crippen LogP contribution < -0.4 is 5.73 Å². The van der Waals surface area contributed by atoms with Crippen LogP contribution >= 0.6 is 22.9 Å². The van der Waals surface area contributed by atoms with E-state index in [1.54, 1.807) is 11.7 Å². The van der Waals surface area contributed by atoms with Crippen molar-refractivity contribution in [1.29, 1.82) is 0 Å². The van der Waals surface area contributed by atoms with Crippen LogP contribution in [-0.2, 0) is 0 Å². The van der Waals surface area contributed by atoms with Gasteiger partial charge in [-0.25, -0.2) is 15.0 Å². The normalized spacial score (nSPS) is 16.9. The Bertz CT molecular complexity index is 1020. The van der Waals surface area contributed by atoms with E-state index < -0.39 is 0 Å². The van der Waals surface area contributed by atoms with Crippen molar-refractivity contribution < 1.29 is 4.79 Å². The number of halogens is 1. The zero-order valence-electron chi connectivity index (χ0n) is 15.4. The Morgan fingerprint density at radius 2 is 2.18 bits per heavy atom. The molecule has 1 fully saturated rings. The quantitative estimate of drug-likeness (QED) is 0.682. The fourth-order valence-corrected chi connectivity index (χ4v) is 4.59. The van der Waals surface area contributed by atoms with Crippen LogP contribution in [0.2, 0.25) is 5.02 Å². The minimum atomic E-state index is -0.165. The van der Waals surface area contributed by atoms with E-state index in [2.05, 4.69) is 15.0 Å². The average molecular weight is 414 g/mol. The molecule has 1 aliphatic heterocycles. The molecule has 1 amide bonds. The molecular formula is C20H20ClN5OS. The fraction of sp³-hybridized carbons (Fsp3) is 0.300. The van der Waals surface area contributed by atoms with Crippen LogP contribution in [0.15, 0.2) is 36.0 Å². The highest BCUT2D eigenvalue weighted by molar-refractivity contribution is 7.11. The van der Waals surface area contributed by atoms with Crippen LogP contribution in [0.4, 0.5) is 5.95 Å². The number of carbonyl (C=O) groups excluding carboxylic acids is 1. The first-order valence-electron chi connectivity index (χ1n) is 9.14. The molecule has 8 heteroatoms. The molecule has 2 aromatic heterocycles. The van der Waals surface area contributed by atoms with Gasteiger partial charge in [0.25, 0.3) is 5.91 Å². The molecule has 1 aromatic carbocycles. The van der Waals surface area contributed by atoms with Crippen molar-refractivity contribution in [3.63, 3.8) is 0 Å². The fourth-order valence-electron chi connectivity index (χ4n) is 3.64. The number of anilines is 1. The van der Waals surface area contributed by atoms with Gasteiger partial charge in [0.15, 0.2) is 0 Å². The van der Waals surface area contributed by atoms with E-state index in [1.807, 2.05) is 36.1 Å². The smallest absolute Gasteiger partial charge is 0.266 e. The first-order chi connectivity index (χ1) is 13.5. The lowest BCUT2D eigenvalue weighted by atomic mass is 9.93. The number of benzene rings is 1. The van der Waals surface area contributed by atoms with Crippen molar-refractivity contribution >= 4 is 34.8 Å². The summed E-state index contributed by atoms with van der Waals surface area (Å²) in [7, 11) is 0. The summed E-state index contributed by atoms with van der Waals surface area (Å²) in [5, 5.41) is 0.636. The van der Waals surface area contributed by atoms with Crippen LogP contribution in [0.3, 0.4) is 0 Å². The van der Waals surface area contributed by atoms with Gasteiger partial charge in [-0.2, -0.15) is 0 Å². The molecule has 144 valence electrons. The molecule has 1 atom stereocenters. The topological polar surface area (TPSA) is 85.0 Å². The lowest BCUT2D eigenvalue weighted by Gasteiger charge is -2.36. The monoisotopic (exact) mass is 413 g/mol. The van der Waals surface area contributed by atoms with E-state index in [-0.39, 0.29) is 17.9 Å². The number of nitrogens with two attached hydrogens (primary N) is 1. The Balaban J connectivity index is 1.79. The second-order valence-corrected chi connectivity index (χ2v) is 8.11. The summed E-state index contributed by atoms with van der Waals surface area (Å²) in [5.74, 6) is 0.201. The third kappa shape index (κ3) is 3.59. The predicted octanol–water partition coefficient (Wildman–Crippen LogP) is 4.51. The van der Waals surface area contributed by atoms with E-state index in [0.29, 0.717) is 16.4 Å². The van der Waals surface area contributed by atoms with E-state index in [9.17, 15) is 4.79 Å². The first kappa shape index (κ1) is 18.8. The van der Waals surface area contributed by atoms with Crippen molar-refractivity contribution in [2.45, 2.75) is 32.2 Å². The van der Waals surface area contributed by atoms with Crippen molar-refractivity contribution in [3.05, 3.63) is 57.3 Å². The molecule has 3 aromatic rings. The standard InChI is InChI=1S/C20H20ClN5OS/c1-12-18(28-11-24-12)19(27)26-8-3-2-7-16(26)17-15(10-23-20(22)25-17)13-5-4-6-14(21)9-13/h4-6,9-11,16H,2-3,7-8H2,1H3,(H2,22,23,25)/t16-/m0/s1. The molecule has 6 nitrogen and oxygen atoms in total. The number of nitrogen functional groups attached to an aromatic ring is 1. The summed E-state index contributed by atoms with van der Waals surface area (Å²) >= 11 is 7.57. The molecule has 4 rings (SSSR count). The maximum atomic E-state index is 13.3. The number of rotatable bonds is 3. The molecule has 28 heavy (non-hydrogen) atoms. The van der Waals surface area contributed by atoms with Gasteiger partial charge in [-0.1, -0.05) is 23.7 Å². The second-order valence-electron chi connectivity index (χ2n) is 6.81. The summed E-state index contributed by atoms with van der Waals surface area (Å²) < 4.78 is 0. The van der Waals surface area contributed by atoms with Gasteiger partial charge < -0.3 is 10.6 Å². The summed E-state index contributed by atoms with van der Waals surface area (Å²) in [4.78, 5) is 28.8. The number of aromatic nitrogens is 3. The Kier molecular flexibility index (Phi) is 5.28. The first-order valence-corrected chi connectivity index (χ1v) is 10.4. The minimum Gasteiger partial charge on any atom is -0.368 e. The molecular weight excluding hydrogens is 394 g/mol. The SMILES string of the molecule is Cc1ncsc1C(=O)N1CCCC[C@H]1c1nc(N)ncc1-c1cccc(Cl)c1. The van der Waals surface area contributed by atoms with Crippen molar-refractivity contribution in [3.8, 4) is 11.1 Å².